The minimum Gasteiger partial charge on any atom is -0.453 e. The third-order valence-electron chi connectivity index (χ3n) is 11.6. The molecule has 282 valence electrons. The summed E-state index contributed by atoms with van der Waals surface area (Å²) >= 11 is 0. The van der Waals surface area contributed by atoms with Crippen molar-refractivity contribution < 1.29 is 19.1 Å². The molecule has 1 aromatic heterocycles. The fourth-order valence-corrected chi connectivity index (χ4v) is 8.06. The highest BCUT2D eigenvalue weighted by Gasteiger charge is 2.39. The van der Waals surface area contributed by atoms with Crippen LogP contribution in [0.1, 0.15) is 77.7 Å². The average Bonchev–Trinajstić information content (AvgIpc) is 4.02. The van der Waals surface area contributed by atoms with Gasteiger partial charge in [-0.2, -0.15) is 0 Å². The van der Waals surface area contributed by atoms with E-state index >= 15 is 0 Å². The molecule has 54 heavy (non-hydrogen) atoms. The summed E-state index contributed by atoms with van der Waals surface area (Å²) in [5, 5.41) is 2.73. The number of carbonyl (C=O) groups excluding carboxylic acids is 3. The summed E-state index contributed by atoms with van der Waals surface area (Å²) < 4.78 is 4.78. The Bertz CT molecular complexity index is 2030. The smallest absolute Gasteiger partial charge is 0.407 e. The first kappa shape index (κ1) is 37.1. The van der Waals surface area contributed by atoms with Gasteiger partial charge in [0.05, 0.1) is 36.8 Å². The van der Waals surface area contributed by atoms with Gasteiger partial charge in [0.1, 0.15) is 11.9 Å². The third kappa shape index (κ3) is 7.43. The molecule has 4 aromatic rings. The molecule has 10 nitrogen and oxygen atoms in total. The van der Waals surface area contributed by atoms with Crippen molar-refractivity contribution in [1.82, 2.24) is 25.1 Å². The summed E-state index contributed by atoms with van der Waals surface area (Å²) in [5.41, 5.74) is 9.66. The number of likely N-dealkylation sites (tertiary alicyclic amines) is 2. The van der Waals surface area contributed by atoms with Gasteiger partial charge < -0.3 is 24.8 Å². The Hall–Kier alpha value is -5.25. The number of carbonyl (C=O) groups is 3. The van der Waals surface area contributed by atoms with Crippen LogP contribution in [0.3, 0.4) is 0 Å². The van der Waals surface area contributed by atoms with Gasteiger partial charge in [-0.05, 0) is 83.0 Å². The largest absolute Gasteiger partial charge is 0.453 e. The standard InChI is InChI=1S/C44H52N6O4/c1-26(2)28(5)42(51)50-22-8-10-39(50)41-45-25-37(47-41)32-17-15-30(16-18-32)29-11-13-31(14-12-29)33-19-20-35-34(23-33)24-36(46-35)38-9-7-21-49(38)43(52)40(27(3)4)48-44(53)54-6/h11-20,23,25-28,38-40H,7-10,21-22,24H2,1-6H3,(H,45,47)(H,48,53)/t28-,38-,39-,40-/m0/s1. The normalized spacial score (nSPS) is 19.2. The Kier molecular flexibility index (Phi) is 10.7. The number of benzene rings is 3. The van der Waals surface area contributed by atoms with Crippen LogP contribution in [0.15, 0.2) is 77.9 Å². The molecule has 0 spiro atoms. The van der Waals surface area contributed by atoms with E-state index in [9.17, 15) is 14.4 Å². The fourth-order valence-electron chi connectivity index (χ4n) is 8.06. The second kappa shape index (κ2) is 15.6. The lowest BCUT2D eigenvalue weighted by atomic mass is 9.96. The molecule has 7 rings (SSSR count). The number of H-pyrrole nitrogens is 1. The van der Waals surface area contributed by atoms with Gasteiger partial charge in [-0.1, -0.05) is 89.2 Å². The second-order valence-electron chi connectivity index (χ2n) is 15.7. The van der Waals surface area contributed by atoms with Crippen LogP contribution in [-0.4, -0.2) is 75.7 Å². The van der Waals surface area contributed by atoms with Gasteiger partial charge in [0.2, 0.25) is 11.8 Å². The first-order chi connectivity index (χ1) is 26.0. The number of aromatic amines is 1. The van der Waals surface area contributed by atoms with Crippen LogP contribution < -0.4 is 5.32 Å². The number of amides is 3. The summed E-state index contributed by atoms with van der Waals surface area (Å²) in [6.07, 6.45) is 5.67. The van der Waals surface area contributed by atoms with Crippen LogP contribution in [0.5, 0.6) is 0 Å². The summed E-state index contributed by atoms with van der Waals surface area (Å²) in [6.45, 7) is 11.5. The molecule has 0 unspecified atom stereocenters. The highest BCUT2D eigenvalue weighted by atomic mass is 16.5. The lowest BCUT2D eigenvalue weighted by molar-refractivity contribution is -0.137. The van der Waals surface area contributed by atoms with Crippen molar-refractivity contribution in [3.05, 3.63) is 84.3 Å². The fraction of sp³-hybridized carbons (Fsp3) is 0.432. The highest BCUT2D eigenvalue weighted by Crippen LogP contribution is 2.37. The summed E-state index contributed by atoms with van der Waals surface area (Å²) in [7, 11) is 1.31. The Morgan fingerprint density at radius 1 is 0.759 bits per heavy atom. The molecule has 3 aromatic carbocycles. The first-order valence-corrected chi connectivity index (χ1v) is 19.4. The van der Waals surface area contributed by atoms with Crippen molar-refractivity contribution in [2.24, 2.45) is 22.7 Å². The number of nitrogens with zero attached hydrogens (tertiary/aromatic N) is 4. The number of alkyl carbamates (subject to hydrolysis) is 1. The first-order valence-electron chi connectivity index (χ1n) is 19.4. The Morgan fingerprint density at radius 2 is 1.33 bits per heavy atom. The van der Waals surface area contributed by atoms with E-state index in [0.29, 0.717) is 18.9 Å². The molecule has 4 heterocycles. The molecule has 4 atom stereocenters. The summed E-state index contributed by atoms with van der Waals surface area (Å²) in [6, 6.07) is 22.8. The molecule has 3 amide bonds. The molecule has 0 saturated carbocycles. The number of aromatic nitrogens is 2. The van der Waals surface area contributed by atoms with Crippen molar-refractivity contribution >= 4 is 29.3 Å². The predicted octanol–water partition coefficient (Wildman–Crippen LogP) is 8.37. The van der Waals surface area contributed by atoms with Gasteiger partial charge in [0, 0.05) is 31.1 Å². The molecule has 2 fully saturated rings. The van der Waals surface area contributed by atoms with E-state index in [1.807, 2.05) is 36.8 Å². The van der Waals surface area contributed by atoms with E-state index in [1.165, 1.54) is 7.11 Å². The average molecular weight is 729 g/mol. The van der Waals surface area contributed by atoms with Crippen molar-refractivity contribution in [3.63, 3.8) is 0 Å². The van der Waals surface area contributed by atoms with Crippen LogP contribution in [0.4, 0.5) is 10.5 Å². The quantitative estimate of drug-likeness (QED) is 0.170. The number of hydrogen-bond donors (Lipinski definition) is 2. The van der Waals surface area contributed by atoms with Gasteiger partial charge in [-0.3, -0.25) is 14.6 Å². The Labute approximate surface area is 318 Å². The third-order valence-corrected chi connectivity index (χ3v) is 11.6. The molecule has 3 aliphatic heterocycles. The molecule has 10 heteroatoms. The lowest BCUT2D eigenvalue weighted by Crippen LogP contribution is -2.53. The zero-order chi connectivity index (χ0) is 38.1. The maximum atomic E-state index is 13.6. The Balaban J connectivity index is 0.995. The van der Waals surface area contributed by atoms with E-state index in [2.05, 4.69) is 90.9 Å². The molecular formula is C44H52N6O4. The van der Waals surface area contributed by atoms with Crippen LogP contribution in [-0.2, 0) is 20.7 Å². The van der Waals surface area contributed by atoms with Crippen molar-refractivity contribution in [2.75, 3.05) is 20.2 Å². The Morgan fingerprint density at radius 3 is 1.94 bits per heavy atom. The molecule has 0 aliphatic carbocycles. The van der Waals surface area contributed by atoms with Crippen molar-refractivity contribution in [3.8, 4) is 33.5 Å². The number of methoxy groups -OCH3 is 1. The van der Waals surface area contributed by atoms with Crippen LogP contribution in [0, 0.1) is 17.8 Å². The van der Waals surface area contributed by atoms with Crippen molar-refractivity contribution in [2.45, 2.75) is 84.8 Å². The number of ether oxygens (including phenoxy) is 1. The van der Waals surface area contributed by atoms with Gasteiger partial charge in [-0.15, -0.1) is 0 Å². The van der Waals surface area contributed by atoms with Gasteiger partial charge in [0.25, 0.3) is 0 Å². The van der Waals surface area contributed by atoms with E-state index in [-0.39, 0.29) is 35.7 Å². The zero-order valence-corrected chi connectivity index (χ0v) is 32.3. The lowest BCUT2D eigenvalue weighted by Gasteiger charge is -2.30. The monoisotopic (exact) mass is 728 g/mol. The van der Waals surface area contributed by atoms with Crippen LogP contribution in [0.25, 0.3) is 33.5 Å². The van der Waals surface area contributed by atoms with E-state index in [1.54, 1.807) is 0 Å². The van der Waals surface area contributed by atoms with E-state index < -0.39 is 12.1 Å². The summed E-state index contributed by atoms with van der Waals surface area (Å²) in [4.78, 5) is 55.9. The minimum absolute atomic E-state index is 0.000310. The number of aliphatic imine (C=N–C) groups is 1. The van der Waals surface area contributed by atoms with Crippen LogP contribution in [0.2, 0.25) is 0 Å². The number of rotatable bonds is 10. The van der Waals surface area contributed by atoms with E-state index in [4.69, 9.17) is 14.7 Å². The minimum atomic E-state index is -0.648. The molecule has 2 N–H and O–H groups in total. The van der Waals surface area contributed by atoms with Crippen LogP contribution >= 0.6 is 0 Å². The number of fused-ring (bicyclic) bond motifs is 1. The predicted molar refractivity (Wildman–Crippen MR) is 212 cm³/mol. The maximum absolute atomic E-state index is 13.6. The molecule has 2 saturated heterocycles. The molecule has 0 radical (unpaired) electrons. The van der Waals surface area contributed by atoms with Gasteiger partial charge in [-0.25, -0.2) is 9.78 Å². The second-order valence-corrected chi connectivity index (χ2v) is 15.7. The zero-order valence-electron chi connectivity index (χ0n) is 32.3. The number of hydrogen-bond acceptors (Lipinski definition) is 6. The van der Waals surface area contributed by atoms with E-state index in [0.717, 1.165) is 88.5 Å². The number of imidazole rings is 1. The summed E-state index contributed by atoms with van der Waals surface area (Å²) in [5.74, 6) is 1.22. The molecular weight excluding hydrogens is 677 g/mol. The topological polar surface area (TPSA) is 120 Å². The highest BCUT2D eigenvalue weighted by molar-refractivity contribution is 6.01. The van der Waals surface area contributed by atoms with Gasteiger partial charge >= 0.3 is 6.09 Å². The SMILES string of the molecule is COC(=O)N[C@H](C(=O)N1CCC[C@H]1C1=Nc2ccc(-c3ccc(-c4ccc(-c5cnc([C@@H]6CCCN6C(=O)[C@@H](C)C(C)C)[nH]5)cc4)cc3)cc2C1)C(C)C. The molecule has 0 bridgehead atoms. The van der Waals surface area contributed by atoms with Crippen molar-refractivity contribution in [1.29, 1.82) is 0 Å². The molecule has 3 aliphatic rings. The number of nitrogens with one attached hydrogen (secondary N) is 2. The maximum Gasteiger partial charge on any atom is 0.407 e. The van der Waals surface area contributed by atoms with Gasteiger partial charge in [0.15, 0.2) is 0 Å².